The molecule has 0 bridgehead atoms. The van der Waals surface area contributed by atoms with Crippen molar-refractivity contribution >= 4 is 11.8 Å². The molecule has 0 aliphatic carbocycles. The van der Waals surface area contributed by atoms with Crippen LogP contribution in [0.3, 0.4) is 0 Å². The Morgan fingerprint density at radius 1 is 1.38 bits per heavy atom. The number of hydrogen-bond acceptors (Lipinski definition) is 4. The average molecular weight is 306 g/mol. The van der Waals surface area contributed by atoms with Crippen LogP contribution >= 0.6 is 11.8 Å². The zero-order valence-corrected chi connectivity index (χ0v) is 13.5. The second-order valence-electron chi connectivity index (χ2n) is 5.27. The molecule has 2 aromatic rings. The van der Waals surface area contributed by atoms with Gasteiger partial charge in [0.25, 0.3) is 0 Å². The fraction of sp³-hybridized carbons (Fsp3) is 0.467. The van der Waals surface area contributed by atoms with Crippen LogP contribution in [0.1, 0.15) is 36.6 Å². The summed E-state index contributed by atoms with van der Waals surface area (Å²) in [6, 6.07) is 8.29. The van der Waals surface area contributed by atoms with Gasteiger partial charge in [0.05, 0.1) is 5.25 Å². The van der Waals surface area contributed by atoms with E-state index >= 15 is 0 Å². The summed E-state index contributed by atoms with van der Waals surface area (Å²) >= 11 is 1.54. The first kappa shape index (κ1) is 15.9. The van der Waals surface area contributed by atoms with Crippen molar-refractivity contribution in [1.82, 2.24) is 14.8 Å². The first-order chi connectivity index (χ1) is 10.0. The molecule has 0 aliphatic heterocycles. The molecule has 0 spiro atoms. The summed E-state index contributed by atoms with van der Waals surface area (Å²) in [5, 5.41) is 7.42. The Morgan fingerprint density at radius 3 is 2.62 bits per heavy atom. The van der Waals surface area contributed by atoms with Gasteiger partial charge in [-0.05, 0) is 25.8 Å². The Kier molecular flexibility index (Phi) is 5.25. The third kappa shape index (κ3) is 3.77. The molecule has 2 unspecified atom stereocenters. The van der Waals surface area contributed by atoms with Crippen molar-refractivity contribution < 1.29 is 0 Å². The van der Waals surface area contributed by atoms with Gasteiger partial charge in [0.15, 0.2) is 5.16 Å². The second kappa shape index (κ2) is 6.95. The molecule has 2 atom stereocenters. The van der Waals surface area contributed by atoms with E-state index in [4.69, 9.17) is 5.73 Å². The van der Waals surface area contributed by atoms with Crippen molar-refractivity contribution in [2.24, 2.45) is 5.73 Å². The monoisotopic (exact) mass is 306 g/mol. The third-order valence-corrected chi connectivity index (χ3v) is 4.76. The van der Waals surface area contributed by atoms with Crippen molar-refractivity contribution in [2.75, 3.05) is 0 Å². The minimum Gasteiger partial charge on any atom is -0.327 e. The van der Waals surface area contributed by atoms with E-state index in [2.05, 4.69) is 41.4 Å². The Bertz CT molecular complexity index is 630. The van der Waals surface area contributed by atoms with Crippen molar-refractivity contribution in [3.8, 4) is 0 Å². The summed E-state index contributed by atoms with van der Waals surface area (Å²) in [4.78, 5) is 11.8. The van der Waals surface area contributed by atoms with E-state index in [1.54, 1.807) is 4.57 Å². The van der Waals surface area contributed by atoms with Crippen LogP contribution in [0.25, 0.3) is 0 Å². The third-order valence-electron chi connectivity index (χ3n) is 3.29. The van der Waals surface area contributed by atoms with E-state index in [0.717, 1.165) is 12.0 Å². The lowest BCUT2D eigenvalue weighted by Crippen LogP contribution is -2.24. The molecule has 0 saturated carbocycles. The van der Waals surface area contributed by atoms with Gasteiger partial charge in [0.1, 0.15) is 0 Å². The van der Waals surface area contributed by atoms with E-state index in [-0.39, 0.29) is 17.0 Å². The Morgan fingerprint density at radius 2 is 2.05 bits per heavy atom. The van der Waals surface area contributed by atoms with E-state index < -0.39 is 0 Å². The summed E-state index contributed by atoms with van der Waals surface area (Å²) < 4.78 is 1.67. The number of thioether (sulfide) groups is 1. The quantitative estimate of drug-likeness (QED) is 0.804. The molecule has 0 saturated heterocycles. The van der Waals surface area contributed by atoms with Gasteiger partial charge in [-0.2, -0.15) is 0 Å². The van der Waals surface area contributed by atoms with Gasteiger partial charge in [-0.25, -0.2) is 9.89 Å². The maximum atomic E-state index is 11.8. The zero-order chi connectivity index (χ0) is 15.4. The summed E-state index contributed by atoms with van der Waals surface area (Å²) in [5.74, 6) is 0. The van der Waals surface area contributed by atoms with Crippen molar-refractivity contribution in [3.63, 3.8) is 0 Å². The lowest BCUT2D eigenvalue weighted by atomic mass is 10.1. The zero-order valence-electron chi connectivity index (χ0n) is 12.7. The van der Waals surface area contributed by atoms with Gasteiger partial charge in [-0.1, -0.05) is 48.5 Å². The first-order valence-corrected chi connectivity index (χ1v) is 8.05. The Balaban J connectivity index is 2.29. The summed E-state index contributed by atoms with van der Waals surface area (Å²) in [6.45, 7) is 6.74. The van der Waals surface area contributed by atoms with Gasteiger partial charge >= 0.3 is 5.69 Å². The highest BCUT2D eigenvalue weighted by atomic mass is 32.2. The number of aromatic amines is 1. The predicted octanol–water partition coefficient (Wildman–Crippen LogP) is 2.47. The number of benzene rings is 1. The molecule has 0 amide bonds. The van der Waals surface area contributed by atoms with Crippen LogP contribution in [0.2, 0.25) is 0 Å². The molecular formula is C15H22N4OS. The SMILES string of the molecule is CCCn1c(SC(c2ccc(C)cc2)C(C)N)n[nH]c1=O. The summed E-state index contributed by atoms with van der Waals surface area (Å²) in [7, 11) is 0. The molecule has 1 aromatic heterocycles. The van der Waals surface area contributed by atoms with E-state index in [9.17, 15) is 4.79 Å². The van der Waals surface area contributed by atoms with Crippen LogP contribution in [0.5, 0.6) is 0 Å². The molecular weight excluding hydrogens is 284 g/mol. The van der Waals surface area contributed by atoms with Crippen LogP contribution < -0.4 is 11.4 Å². The average Bonchev–Trinajstić information content (AvgIpc) is 2.79. The highest BCUT2D eigenvalue weighted by Crippen LogP contribution is 2.35. The molecule has 114 valence electrons. The van der Waals surface area contributed by atoms with Crippen LogP contribution in [0.4, 0.5) is 0 Å². The van der Waals surface area contributed by atoms with Gasteiger partial charge in [0.2, 0.25) is 0 Å². The lowest BCUT2D eigenvalue weighted by molar-refractivity contribution is 0.600. The summed E-state index contributed by atoms with van der Waals surface area (Å²) in [6.07, 6.45) is 0.889. The maximum absolute atomic E-state index is 11.8. The molecule has 2 rings (SSSR count). The Hall–Kier alpha value is -1.53. The molecule has 0 fully saturated rings. The van der Waals surface area contributed by atoms with Crippen molar-refractivity contribution in [3.05, 3.63) is 45.9 Å². The molecule has 0 radical (unpaired) electrons. The van der Waals surface area contributed by atoms with E-state index in [0.29, 0.717) is 11.7 Å². The minimum absolute atomic E-state index is 0.0421. The number of hydrogen-bond donors (Lipinski definition) is 2. The van der Waals surface area contributed by atoms with Crippen molar-refractivity contribution in [2.45, 2.75) is 50.2 Å². The largest absolute Gasteiger partial charge is 0.343 e. The van der Waals surface area contributed by atoms with E-state index in [1.165, 1.54) is 17.3 Å². The summed E-state index contributed by atoms with van der Waals surface area (Å²) in [5.41, 5.74) is 8.35. The number of H-pyrrole nitrogens is 1. The highest BCUT2D eigenvalue weighted by Gasteiger charge is 2.21. The molecule has 3 N–H and O–H groups in total. The Labute approximate surface area is 128 Å². The van der Waals surface area contributed by atoms with Crippen molar-refractivity contribution in [1.29, 1.82) is 0 Å². The van der Waals surface area contributed by atoms with Gasteiger partial charge in [0, 0.05) is 12.6 Å². The van der Waals surface area contributed by atoms with Crippen LogP contribution in [-0.4, -0.2) is 20.8 Å². The predicted molar refractivity (Wildman–Crippen MR) is 86.6 cm³/mol. The van der Waals surface area contributed by atoms with Crippen LogP contribution in [0.15, 0.2) is 34.2 Å². The first-order valence-electron chi connectivity index (χ1n) is 7.17. The fourth-order valence-electron chi connectivity index (χ4n) is 2.16. The fourth-order valence-corrected chi connectivity index (χ4v) is 3.30. The maximum Gasteiger partial charge on any atom is 0.343 e. The number of aromatic nitrogens is 3. The number of nitrogens with two attached hydrogens (primary N) is 1. The topological polar surface area (TPSA) is 76.7 Å². The number of nitrogens with zero attached hydrogens (tertiary/aromatic N) is 2. The second-order valence-corrected chi connectivity index (χ2v) is 6.38. The highest BCUT2D eigenvalue weighted by molar-refractivity contribution is 7.99. The van der Waals surface area contributed by atoms with Gasteiger partial charge in [-0.15, -0.1) is 5.10 Å². The molecule has 1 aromatic carbocycles. The molecule has 21 heavy (non-hydrogen) atoms. The molecule has 1 heterocycles. The lowest BCUT2D eigenvalue weighted by Gasteiger charge is -2.20. The molecule has 0 aliphatic rings. The van der Waals surface area contributed by atoms with Crippen LogP contribution in [0, 0.1) is 6.92 Å². The van der Waals surface area contributed by atoms with Crippen LogP contribution in [-0.2, 0) is 6.54 Å². The van der Waals surface area contributed by atoms with E-state index in [1.807, 2.05) is 13.8 Å². The number of aryl methyl sites for hydroxylation is 1. The standard InChI is InChI=1S/C15H22N4OS/c1-4-9-19-14(20)17-18-15(19)21-13(11(3)16)12-7-5-10(2)6-8-12/h5-8,11,13H,4,9,16H2,1-3H3,(H,17,20). The molecule has 5 nitrogen and oxygen atoms in total. The van der Waals surface area contributed by atoms with Gasteiger partial charge < -0.3 is 5.73 Å². The molecule has 6 heteroatoms. The minimum atomic E-state index is -0.160. The number of nitrogens with one attached hydrogen (secondary N) is 1. The normalized spacial score (nSPS) is 14.1. The number of rotatable bonds is 6. The van der Waals surface area contributed by atoms with Gasteiger partial charge in [-0.3, -0.25) is 4.57 Å². The smallest absolute Gasteiger partial charge is 0.327 e.